The monoisotopic (exact) mass is 400 g/mol. The minimum absolute atomic E-state index is 0.156. The van der Waals surface area contributed by atoms with Crippen molar-refractivity contribution in [2.75, 3.05) is 32.7 Å². The lowest BCUT2D eigenvalue weighted by Gasteiger charge is -2.33. The lowest BCUT2D eigenvalue weighted by Crippen LogP contribution is -2.48. The Morgan fingerprint density at radius 3 is 2.39 bits per heavy atom. The third-order valence-corrected chi connectivity index (χ3v) is 6.59. The number of benzene rings is 2. The van der Waals surface area contributed by atoms with Crippen LogP contribution in [0.3, 0.4) is 0 Å². The van der Waals surface area contributed by atoms with Crippen LogP contribution in [0.15, 0.2) is 65.6 Å². The molecule has 0 amide bonds. The molecule has 2 aromatic rings. The quantitative estimate of drug-likeness (QED) is 0.772. The third-order valence-electron chi connectivity index (χ3n) is 4.70. The smallest absolute Gasteiger partial charge is 0.307 e. The molecular formula is C21H24N2O4S. The van der Waals surface area contributed by atoms with Crippen LogP contribution in [0.4, 0.5) is 0 Å². The summed E-state index contributed by atoms with van der Waals surface area (Å²) < 4.78 is 27.2. The van der Waals surface area contributed by atoms with Crippen molar-refractivity contribution < 1.29 is 18.3 Å². The van der Waals surface area contributed by atoms with Gasteiger partial charge in [-0.3, -0.25) is 9.69 Å². The second-order valence-electron chi connectivity index (χ2n) is 6.74. The number of hydrogen-bond donors (Lipinski definition) is 1. The van der Waals surface area contributed by atoms with E-state index in [1.807, 2.05) is 30.3 Å². The highest BCUT2D eigenvalue weighted by atomic mass is 32.2. The molecule has 0 unspecified atom stereocenters. The first-order chi connectivity index (χ1) is 13.4. The number of carboxylic acid groups (broad SMARTS) is 1. The number of rotatable bonds is 7. The minimum atomic E-state index is -3.61. The van der Waals surface area contributed by atoms with E-state index in [0.29, 0.717) is 31.7 Å². The Morgan fingerprint density at radius 2 is 1.71 bits per heavy atom. The van der Waals surface area contributed by atoms with Gasteiger partial charge in [-0.2, -0.15) is 4.31 Å². The zero-order valence-corrected chi connectivity index (χ0v) is 16.4. The van der Waals surface area contributed by atoms with E-state index < -0.39 is 16.0 Å². The van der Waals surface area contributed by atoms with Gasteiger partial charge in [-0.05, 0) is 23.3 Å². The predicted octanol–water partition coefficient (Wildman–Crippen LogP) is 2.33. The van der Waals surface area contributed by atoms with E-state index in [-0.39, 0.29) is 11.3 Å². The molecule has 0 bridgehead atoms. The van der Waals surface area contributed by atoms with E-state index >= 15 is 0 Å². The van der Waals surface area contributed by atoms with Crippen LogP contribution in [0, 0.1) is 0 Å². The van der Waals surface area contributed by atoms with Crippen LogP contribution in [0.2, 0.25) is 0 Å². The van der Waals surface area contributed by atoms with Crippen molar-refractivity contribution in [1.29, 1.82) is 0 Å². The summed E-state index contributed by atoms with van der Waals surface area (Å²) in [6, 6.07) is 16.3. The zero-order valence-electron chi connectivity index (χ0n) is 15.6. The minimum Gasteiger partial charge on any atom is -0.481 e. The Bertz CT molecular complexity index is 934. The summed E-state index contributed by atoms with van der Waals surface area (Å²) in [5.74, 6) is -0.980. The van der Waals surface area contributed by atoms with Crippen molar-refractivity contribution in [3.05, 3.63) is 71.8 Å². The van der Waals surface area contributed by atoms with Gasteiger partial charge < -0.3 is 5.11 Å². The molecule has 148 valence electrons. The third kappa shape index (κ3) is 5.28. The maximum atomic E-state index is 12.9. The Hall–Kier alpha value is -2.48. The average Bonchev–Trinajstić information content (AvgIpc) is 2.69. The Morgan fingerprint density at radius 1 is 1.00 bits per heavy atom. The van der Waals surface area contributed by atoms with Gasteiger partial charge in [-0.1, -0.05) is 54.6 Å². The molecule has 2 aromatic carbocycles. The Kier molecular flexibility index (Phi) is 6.61. The van der Waals surface area contributed by atoms with Gasteiger partial charge in [-0.15, -0.1) is 0 Å². The van der Waals surface area contributed by atoms with Gasteiger partial charge >= 0.3 is 5.97 Å². The number of hydrogen-bond acceptors (Lipinski definition) is 4. The molecular weight excluding hydrogens is 376 g/mol. The van der Waals surface area contributed by atoms with E-state index in [9.17, 15) is 13.2 Å². The van der Waals surface area contributed by atoms with Gasteiger partial charge in [0.15, 0.2) is 0 Å². The average molecular weight is 401 g/mol. The van der Waals surface area contributed by atoms with Crippen LogP contribution >= 0.6 is 0 Å². The molecule has 0 saturated carbocycles. The fraction of sp³-hybridized carbons (Fsp3) is 0.286. The fourth-order valence-electron chi connectivity index (χ4n) is 3.19. The molecule has 1 heterocycles. The molecule has 1 aliphatic rings. The summed E-state index contributed by atoms with van der Waals surface area (Å²) in [5, 5.41) is 8.91. The van der Waals surface area contributed by atoms with E-state index in [2.05, 4.69) is 17.1 Å². The summed E-state index contributed by atoms with van der Waals surface area (Å²) in [6.45, 7) is 2.94. The number of carboxylic acids is 1. The largest absolute Gasteiger partial charge is 0.481 e. The Balaban J connectivity index is 1.58. The van der Waals surface area contributed by atoms with Gasteiger partial charge in [0.1, 0.15) is 0 Å². The van der Waals surface area contributed by atoms with Crippen molar-refractivity contribution >= 4 is 22.1 Å². The molecule has 1 aliphatic heterocycles. The Labute approximate surface area is 165 Å². The highest BCUT2D eigenvalue weighted by Crippen LogP contribution is 2.19. The van der Waals surface area contributed by atoms with Crippen LogP contribution in [-0.2, 0) is 21.2 Å². The molecule has 0 spiro atoms. The summed E-state index contributed by atoms with van der Waals surface area (Å²) in [5.41, 5.74) is 1.63. The van der Waals surface area contributed by atoms with Crippen LogP contribution in [0.25, 0.3) is 6.08 Å². The standard InChI is InChI=1S/C21H24N2O4S/c24-21(25)17-19-8-4-10-20(16-19)28(26,27)23-14-12-22(13-15-23)11-5-9-18-6-2-1-3-7-18/h1-10,16H,11-15,17H2,(H,24,25). The van der Waals surface area contributed by atoms with Gasteiger partial charge in [0.05, 0.1) is 11.3 Å². The predicted molar refractivity (Wildman–Crippen MR) is 108 cm³/mol. The molecule has 28 heavy (non-hydrogen) atoms. The van der Waals surface area contributed by atoms with Crippen LogP contribution < -0.4 is 0 Å². The van der Waals surface area contributed by atoms with Gasteiger partial charge in [0.25, 0.3) is 0 Å². The summed E-state index contributed by atoms with van der Waals surface area (Å²) >= 11 is 0. The molecule has 3 rings (SSSR count). The zero-order chi connectivity index (χ0) is 20.0. The fourth-order valence-corrected chi connectivity index (χ4v) is 4.69. The van der Waals surface area contributed by atoms with Crippen LogP contribution in [0.5, 0.6) is 0 Å². The number of carbonyl (C=O) groups is 1. The number of aliphatic carboxylic acids is 1. The molecule has 0 atom stereocenters. The van der Waals surface area contributed by atoms with E-state index in [1.54, 1.807) is 12.1 Å². The number of piperazine rings is 1. The van der Waals surface area contributed by atoms with Crippen molar-refractivity contribution in [3.8, 4) is 0 Å². The lowest BCUT2D eigenvalue weighted by molar-refractivity contribution is -0.136. The first kappa shape index (κ1) is 20.3. The SMILES string of the molecule is O=C(O)Cc1cccc(S(=O)(=O)N2CCN(CC=Cc3ccccc3)CC2)c1. The molecule has 1 N–H and O–H groups in total. The van der Waals surface area contributed by atoms with Gasteiger partial charge in [0.2, 0.25) is 10.0 Å². The van der Waals surface area contributed by atoms with Gasteiger partial charge in [0, 0.05) is 32.7 Å². The normalized spacial score (nSPS) is 16.4. The van der Waals surface area contributed by atoms with E-state index in [4.69, 9.17) is 5.11 Å². The number of sulfonamides is 1. The number of nitrogens with zero attached hydrogens (tertiary/aromatic N) is 2. The van der Waals surface area contributed by atoms with Crippen LogP contribution in [-0.4, -0.2) is 61.4 Å². The maximum Gasteiger partial charge on any atom is 0.307 e. The molecule has 0 aliphatic carbocycles. The van der Waals surface area contributed by atoms with E-state index in [1.165, 1.54) is 16.4 Å². The maximum absolute atomic E-state index is 12.9. The molecule has 1 saturated heterocycles. The van der Waals surface area contributed by atoms with Crippen LogP contribution in [0.1, 0.15) is 11.1 Å². The first-order valence-corrected chi connectivity index (χ1v) is 10.6. The van der Waals surface area contributed by atoms with E-state index in [0.717, 1.165) is 12.1 Å². The van der Waals surface area contributed by atoms with Crippen molar-refractivity contribution in [2.45, 2.75) is 11.3 Å². The highest BCUT2D eigenvalue weighted by Gasteiger charge is 2.28. The lowest BCUT2D eigenvalue weighted by atomic mass is 10.2. The van der Waals surface area contributed by atoms with Crippen molar-refractivity contribution in [1.82, 2.24) is 9.21 Å². The molecule has 1 fully saturated rings. The molecule has 0 radical (unpaired) electrons. The topological polar surface area (TPSA) is 77.9 Å². The van der Waals surface area contributed by atoms with Gasteiger partial charge in [-0.25, -0.2) is 8.42 Å². The van der Waals surface area contributed by atoms with Crippen molar-refractivity contribution in [2.24, 2.45) is 0 Å². The molecule has 0 aromatic heterocycles. The van der Waals surface area contributed by atoms with Crippen molar-refractivity contribution in [3.63, 3.8) is 0 Å². The summed E-state index contributed by atoms with van der Waals surface area (Å²) in [7, 11) is -3.61. The summed E-state index contributed by atoms with van der Waals surface area (Å²) in [4.78, 5) is 13.2. The second kappa shape index (κ2) is 9.14. The highest BCUT2D eigenvalue weighted by molar-refractivity contribution is 7.89. The molecule has 7 heteroatoms. The second-order valence-corrected chi connectivity index (χ2v) is 8.67. The first-order valence-electron chi connectivity index (χ1n) is 9.20. The molecule has 6 nitrogen and oxygen atoms in total. The summed E-state index contributed by atoms with van der Waals surface area (Å²) in [6.07, 6.45) is 3.97.